The molecule has 96 valence electrons. The van der Waals surface area contributed by atoms with Crippen LogP contribution in [0.1, 0.15) is 45.3 Å². The van der Waals surface area contributed by atoms with E-state index in [1.807, 2.05) is 18.2 Å². The molecule has 1 unspecified atom stereocenters. The van der Waals surface area contributed by atoms with Crippen LogP contribution in [0, 0.1) is 5.92 Å². The maximum absolute atomic E-state index is 5.99. The predicted molar refractivity (Wildman–Crippen MR) is 71.4 cm³/mol. The minimum absolute atomic E-state index is 0.123. The summed E-state index contributed by atoms with van der Waals surface area (Å²) in [5.41, 5.74) is 1.15. The van der Waals surface area contributed by atoms with E-state index in [9.17, 15) is 0 Å². The molecule has 0 aliphatic carbocycles. The quantitative estimate of drug-likeness (QED) is 0.660. The maximum Gasteiger partial charge on any atom is 0.124 e. The maximum atomic E-state index is 5.99. The highest BCUT2D eigenvalue weighted by Crippen LogP contribution is 2.32. The fraction of sp³-hybridized carbons (Fsp3) is 0.600. The summed E-state index contributed by atoms with van der Waals surface area (Å²) >= 11 is 0. The molecule has 0 aliphatic rings. The summed E-state index contributed by atoms with van der Waals surface area (Å²) in [4.78, 5) is 0. The highest BCUT2D eigenvalue weighted by atomic mass is 16.5. The number of unbranched alkanes of at least 4 members (excludes halogenated alkanes) is 1. The minimum Gasteiger partial charge on any atom is -0.496 e. The van der Waals surface area contributed by atoms with Gasteiger partial charge in [-0.15, -0.1) is 0 Å². The Bertz CT molecular complexity index is 320. The van der Waals surface area contributed by atoms with Crippen molar-refractivity contribution in [3.8, 4) is 5.75 Å². The number of methoxy groups -OCH3 is 1. The van der Waals surface area contributed by atoms with Crippen LogP contribution < -0.4 is 4.74 Å². The van der Waals surface area contributed by atoms with Crippen molar-refractivity contribution in [1.82, 2.24) is 0 Å². The van der Waals surface area contributed by atoms with Gasteiger partial charge in [0.1, 0.15) is 5.75 Å². The van der Waals surface area contributed by atoms with Crippen LogP contribution in [-0.2, 0) is 4.74 Å². The lowest BCUT2D eigenvalue weighted by Gasteiger charge is -2.23. The Balaban J connectivity index is 2.81. The molecule has 1 aromatic rings. The van der Waals surface area contributed by atoms with Gasteiger partial charge >= 0.3 is 0 Å². The third-order valence-corrected chi connectivity index (χ3v) is 2.85. The number of hydrogen-bond donors (Lipinski definition) is 0. The summed E-state index contributed by atoms with van der Waals surface area (Å²) < 4.78 is 11.4. The van der Waals surface area contributed by atoms with Crippen molar-refractivity contribution in [3.05, 3.63) is 29.8 Å². The summed E-state index contributed by atoms with van der Waals surface area (Å²) in [7, 11) is 1.71. The van der Waals surface area contributed by atoms with Crippen LogP contribution >= 0.6 is 0 Å². The summed E-state index contributed by atoms with van der Waals surface area (Å²) in [6.45, 7) is 7.36. The molecule has 0 saturated carbocycles. The summed E-state index contributed by atoms with van der Waals surface area (Å²) in [6.07, 6.45) is 2.40. The molecule has 0 spiro atoms. The first-order valence-corrected chi connectivity index (χ1v) is 6.45. The lowest BCUT2D eigenvalue weighted by molar-refractivity contribution is 0.0180. The molecule has 0 N–H and O–H groups in total. The lowest BCUT2D eigenvalue weighted by Crippen LogP contribution is -2.13. The van der Waals surface area contributed by atoms with E-state index >= 15 is 0 Å². The molecule has 1 aromatic carbocycles. The highest BCUT2D eigenvalue weighted by molar-refractivity contribution is 5.35. The van der Waals surface area contributed by atoms with Gasteiger partial charge in [-0.25, -0.2) is 0 Å². The van der Waals surface area contributed by atoms with Crippen molar-refractivity contribution >= 4 is 0 Å². The van der Waals surface area contributed by atoms with Gasteiger partial charge in [0, 0.05) is 12.2 Å². The fourth-order valence-electron chi connectivity index (χ4n) is 1.90. The number of ether oxygens (including phenoxy) is 2. The van der Waals surface area contributed by atoms with Crippen molar-refractivity contribution in [3.63, 3.8) is 0 Å². The van der Waals surface area contributed by atoms with E-state index in [1.54, 1.807) is 7.11 Å². The molecule has 0 bridgehead atoms. The van der Waals surface area contributed by atoms with E-state index < -0.39 is 0 Å². The fourth-order valence-corrected chi connectivity index (χ4v) is 1.90. The summed E-state index contributed by atoms with van der Waals surface area (Å²) in [6, 6.07) is 8.12. The zero-order chi connectivity index (χ0) is 12.7. The highest BCUT2D eigenvalue weighted by Gasteiger charge is 2.19. The topological polar surface area (TPSA) is 18.5 Å². The molecule has 0 amide bonds. The second-order valence-corrected chi connectivity index (χ2v) is 4.63. The molecule has 0 aromatic heterocycles. The van der Waals surface area contributed by atoms with Crippen molar-refractivity contribution in [2.75, 3.05) is 13.7 Å². The molecule has 0 heterocycles. The minimum atomic E-state index is 0.123. The van der Waals surface area contributed by atoms with Crippen LogP contribution in [0.3, 0.4) is 0 Å². The second kappa shape index (κ2) is 7.33. The van der Waals surface area contributed by atoms with E-state index in [-0.39, 0.29) is 6.10 Å². The van der Waals surface area contributed by atoms with Gasteiger partial charge < -0.3 is 9.47 Å². The second-order valence-electron chi connectivity index (χ2n) is 4.63. The van der Waals surface area contributed by atoms with Gasteiger partial charge in [-0.3, -0.25) is 0 Å². The SMILES string of the molecule is CCCCOC(c1ccccc1OC)C(C)C. The number of benzene rings is 1. The first kappa shape index (κ1) is 14.0. The molecule has 2 nitrogen and oxygen atoms in total. The van der Waals surface area contributed by atoms with Crippen LogP contribution in [0.5, 0.6) is 5.75 Å². The predicted octanol–water partition coefficient (Wildman–Crippen LogP) is 4.21. The molecule has 1 rings (SSSR count). The molecule has 2 heteroatoms. The van der Waals surface area contributed by atoms with Gasteiger partial charge in [-0.05, 0) is 18.4 Å². The zero-order valence-electron chi connectivity index (χ0n) is 11.4. The number of para-hydroxylation sites is 1. The van der Waals surface area contributed by atoms with Crippen molar-refractivity contribution in [2.45, 2.75) is 39.7 Å². The van der Waals surface area contributed by atoms with Crippen molar-refractivity contribution in [2.24, 2.45) is 5.92 Å². The molecule has 0 fully saturated rings. The van der Waals surface area contributed by atoms with Crippen LogP contribution in [0.4, 0.5) is 0 Å². The summed E-state index contributed by atoms with van der Waals surface area (Å²) in [5, 5.41) is 0. The average molecular weight is 236 g/mol. The van der Waals surface area contributed by atoms with E-state index in [4.69, 9.17) is 9.47 Å². The Kier molecular flexibility index (Phi) is 6.06. The van der Waals surface area contributed by atoms with Gasteiger partial charge in [-0.2, -0.15) is 0 Å². The molecular formula is C15H24O2. The van der Waals surface area contributed by atoms with Gasteiger partial charge in [0.15, 0.2) is 0 Å². The van der Waals surface area contributed by atoms with Gasteiger partial charge in [0.25, 0.3) is 0 Å². The van der Waals surface area contributed by atoms with Crippen LogP contribution in [0.2, 0.25) is 0 Å². The first-order valence-electron chi connectivity index (χ1n) is 6.45. The Morgan fingerprint density at radius 2 is 1.88 bits per heavy atom. The van der Waals surface area contributed by atoms with Gasteiger partial charge in [0.05, 0.1) is 13.2 Å². The summed E-state index contributed by atoms with van der Waals surface area (Å²) in [5.74, 6) is 1.37. The smallest absolute Gasteiger partial charge is 0.124 e. The van der Waals surface area contributed by atoms with Crippen LogP contribution in [-0.4, -0.2) is 13.7 Å². The first-order chi connectivity index (χ1) is 8.20. The Morgan fingerprint density at radius 1 is 1.18 bits per heavy atom. The van der Waals surface area contributed by atoms with Crippen molar-refractivity contribution < 1.29 is 9.47 Å². The molecular weight excluding hydrogens is 212 g/mol. The van der Waals surface area contributed by atoms with E-state index in [1.165, 1.54) is 0 Å². The monoisotopic (exact) mass is 236 g/mol. The molecule has 0 radical (unpaired) electrons. The van der Waals surface area contributed by atoms with E-state index in [0.717, 1.165) is 30.8 Å². The average Bonchev–Trinajstić information content (AvgIpc) is 2.34. The third kappa shape index (κ3) is 4.04. The van der Waals surface area contributed by atoms with Crippen molar-refractivity contribution in [1.29, 1.82) is 0 Å². The molecule has 1 atom stereocenters. The van der Waals surface area contributed by atoms with Gasteiger partial charge in [0.2, 0.25) is 0 Å². The molecule has 0 aliphatic heterocycles. The van der Waals surface area contributed by atoms with Gasteiger partial charge in [-0.1, -0.05) is 45.4 Å². The standard InChI is InChI=1S/C15H24O2/c1-5-6-11-17-15(12(2)3)13-9-7-8-10-14(13)16-4/h7-10,12,15H,5-6,11H2,1-4H3. The Morgan fingerprint density at radius 3 is 2.47 bits per heavy atom. The molecule has 0 saturated heterocycles. The normalized spacial score (nSPS) is 12.8. The number of hydrogen-bond acceptors (Lipinski definition) is 2. The Hall–Kier alpha value is -1.02. The largest absolute Gasteiger partial charge is 0.496 e. The zero-order valence-corrected chi connectivity index (χ0v) is 11.4. The van der Waals surface area contributed by atoms with Crippen LogP contribution in [0.15, 0.2) is 24.3 Å². The molecule has 17 heavy (non-hydrogen) atoms. The van der Waals surface area contributed by atoms with Crippen LogP contribution in [0.25, 0.3) is 0 Å². The van der Waals surface area contributed by atoms with E-state index in [2.05, 4.69) is 26.8 Å². The van der Waals surface area contributed by atoms with E-state index in [0.29, 0.717) is 5.92 Å². The Labute approximate surface area is 105 Å². The number of rotatable bonds is 7. The third-order valence-electron chi connectivity index (χ3n) is 2.85. The lowest BCUT2D eigenvalue weighted by atomic mass is 9.98.